The number of aliphatic hydroxyl groups is 1. The normalized spacial score (nSPS) is 26.5. The molecule has 528 valence electrons. The van der Waals surface area contributed by atoms with Gasteiger partial charge in [0.2, 0.25) is 23.3 Å². The highest BCUT2D eigenvalue weighted by atomic mass is 35.5. The number of halogens is 1. The summed E-state index contributed by atoms with van der Waals surface area (Å²) in [5.74, 6) is -6.59. The van der Waals surface area contributed by atoms with Crippen LogP contribution in [0.3, 0.4) is 0 Å². The number of aromatic nitrogens is 1. The van der Waals surface area contributed by atoms with Crippen molar-refractivity contribution in [2.45, 2.75) is 170 Å². The third-order valence-corrected chi connectivity index (χ3v) is 21.6. The summed E-state index contributed by atoms with van der Waals surface area (Å²) in [5.41, 5.74) is -3.52. The van der Waals surface area contributed by atoms with Crippen LogP contribution in [-0.2, 0) is 97.2 Å². The number of likely N-dealkylation sites (tertiary alicyclic amines) is 1. The number of aromatic amines is 1. The maximum absolute atomic E-state index is 16.1. The maximum atomic E-state index is 16.1. The second kappa shape index (κ2) is 29.1. The second-order valence-electron chi connectivity index (χ2n) is 26.9. The molecule has 2 saturated heterocycles. The molecule has 6 aliphatic rings. The standard InChI is InChI=1S/C74H88ClN7O17/c1-10-43(3)59(62(86)77-53(64(88)97-42-47-25-16-13-17-26-47)39-58(84)96-41-46-23-14-12-15-24-46)78-61(85)54-29-20-34-81(54)63(87)56-37-49-48-27-18-19-28-52(48)76-60(49)72(68(89)94-8,31-22-35-82(56)70(91)98-44(4)75)51-38-50-55(40-57(51)93-7)79(6)66-73(50)32-36-80-33-21-30-71(11-2,65(73)80)67(99-45(5)83)74(66,92)69(90)95-9/h12-19,21,23-28,30,38,40,43-44,53-54,56,59,65-67,76,92H,10-11,20,22,29,31-37,39,41-42H2,1-9H3,(H,77,86)(H,78,85)/t43-,44?,53-,54-,56-,59-,65-,66+,67+,71+,72-,73+,74-/m0/s1. The summed E-state index contributed by atoms with van der Waals surface area (Å²) in [6.07, 6.45) is 2.23. The Bertz CT molecular complexity index is 3940. The van der Waals surface area contributed by atoms with Gasteiger partial charge in [-0.2, -0.15) is 0 Å². The fraction of sp³-hybridized carbons (Fsp3) is 0.500. The summed E-state index contributed by atoms with van der Waals surface area (Å²) in [6.45, 7) is 8.83. The lowest BCUT2D eigenvalue weighted by atomic mass is 9.47. The fourth-order valence-corrected chi connectivity index (χ4v) is 17.1. The summed E-state index contributed by atoms with van der Waals surface area (Å²) in [4.78, 5) is 143. The van der Waals surface area contributed by atoms with E-state index in [1.807, 2.05) is 67.3 Å². The highest BCUT2D eigenvalue weighted by Gasteiger charge is 2.80. The van der Waals surface area contributed by atoms with E-state index in [-0.39, 0.29) is 57.7 Å². The summed E-state index contributed by atoms with van der Waals surface area (Å²) >= 11 is 6.45. The van der Waals surface area contributed by atoms with E-state index in [1.165, 1.54) is 45.0 Å². The zero-order valence-corrected chi connectivity index (χ0v) is 58.1. The zero-order chi connectivity index (χ0) is 70.9. The number of nitrogens with one attached hydrogen (secondary N) is 3. The Kier molecular flexibility index (Phi) is 20.9. The van der Waals surface area contributed by atoms with Crippen LogP contribution in [0.1, 0.15) is 119 Å². The lowest BCUT2D eigenvalue weighted by molar-refractivity contribution is -0.228. The molecule has 13 atom stereocenters. The molecular formula is C74H88ClN7O17. The minimum atomic E-state index is -2.47. The van der Waals surface area contributed by atoms with Crippen molar-refractivity contribution in [3.63, 3.8) is 0 Å². The molecule has 4 amide bonds. The highest BCUT2D eigenvalue weighted by Crippen LogP contribution is 2.68. The van der Waals surface area contributed by atoms with E-state index in [1.54, 1.807) is 74.6 Å². The van der Waals surface area contributed by atoms with Crippen molar-refractivity contribution >= 4 is 81.9 Å². The molecule has 1 saturated carbocycles. The average molecular weight is 1380 g/mol. The first kappa shape index (κ1) is 71.3. The number of anilines is 1. The Morgan fingerprint density at radius 2 is 1.43 bits per heavy atom. The first-order valence-electron chi connectivity index (χ1n) is 34.0. The summed E-state index contributed by atoms with van der Waals surface area (Å²) in [7, 11) is 5.71. The first-order valence-corrected chi connectivity index (χ1v) is 34.4. The molecule has 11 rings (SSSR count). The maximum Gasteiger partial charge on any atom is 0.411 e. The molecular weight excluding hydrogens is 1290 g/mol. The van der Waals surface area contributed by atoms with E-state index in [2.05, 4.69) is 20.5 Å². The van der Waals surface area contributed by atoms with Crippen molar-refractivity contribution in [2.75, 3.05) is 59.5 Å². The Morgan fingerprint density at radius 1 is 0.768 bits per heavy atom. The Balaban J connectivity index is 0.972. The number of likely N-dealkylation sites (N-methyl/N-ethyl adjacent to an activating group) is 1. The quantitative estimate of drug-likeness (QED) is 0.0244. The molecule has 1 aliphatic carbocycles. The SMILES string of the molecule is CC[C@H](C)[C@H](NC(=O)[C@@H]1CCCN1C(=O)[C@@H]1Cc2c([nH]c3ccccc23)[C@@](C(=O)OC)(c2cc3c(cc2OC)N(C)[C@H]2[C@@](O)(C(=O)OC)[C@H](OC(C)=O)[C@]4(CC)C=CCN5CC[C@]32[C@@H]54)CCCN1C(=O)OC(C)Cl)C(=O)N[C@@H](CC(=O)OCc1ccccc1)C(=O)OCc1ccccc1. The number of fused-ring (bicyclic) bond motifs is 4. The molecule has 3 fully saturated rings. The van der Waals surface area contributed by atoms with Crippen LogP contribution in [0.5, 0.6) is 5.75 Å². The minimum absolute atomic E-state index is 0.000809. The van der Waals surface area contributed by atoms with Gasteiger partial charge in [-0.3, -0.25) is 38.6 Å². The molecule has 5 aromatic rings. The summed E-state index contributed by atoms with van der Waals surface area (Å²) in [5, 5.41) is 19.8. The van der Waals surface area contributed by atoms with Gasteiger partial charge in [-0.25, -0.2) is 14.4 Å². The van der Waals surface area contributed by atoms with Crippen molar-refractivity contribution in [1.82, 2.24) is 30.3 Å². The van der Waals surface area contributed by atoms with E-state index in [0.29, 0.717) is 88.9 Å². The van der Waals surface area contributed by atoms with Crippen LogP contribution in [0.2, 0.25) is 0 Å². The predicted molar refractivity (Wildman–Crippen MR) is 363 cm³/mol. The van der Waals surface area contributed by atoms with E-state index in [4.69, 9.17) is 44.8 Å². The van der Waals surface area contributed by atoms with Gasteiger partial charge in [0.25, 0.3) is 0 Å². The van der Waals surface area contributed by atoms with Gasteiger partial charge >= 0.3 is 35.9 Å². The monoisotopic (exact) mass is 1380 g/mol. The van der Waals surface area contributed by atoms with Crippen molar-refractivity contribution < 1.29 is 81.4 Å². The lowest BCUT2D eigenvalue weighted by Crippen LogP contribution is -2.81. The Morgan fingerprint density at radius 3 is 2.08 bits per heavy atom. The van der Waals surface area contributed by atoms with Crippen LogP contribution < -0.4 is 20.3 Å². The second-order valence-corrected chi connectivity index (χ2v) is 27.5. The van der Waals surface area contributed by atoms with Crippen LogP contribution in [0, 0.1) is 11.3 Å². The van der Waals surface area contributed by atoms with Crippen LogP contribution >= 0.6 is 11.6 Å². The summed E-state index contributed by atoms with van der Waals surface area (Å²) < 4.78 is 41.1. The largest absolute Gasteiger partial charge is 0.496 e. The van der Waals surface area contributed by atoms with E-state index < -0.39 is 136 Å². The van der Waals surface area contributed by atoms with Crippen molar-refractivity contribution in [3.8, 4) is 5.75 Å². The van der Waals surface area contributed by atoms with Gasteiger partial charge in [0, 0.05) is 90.8 Å². The van der Waals surface area contributed by atoms with Crippen molar-refractivity contribution in [1.29, 1.82) is 0 Å². The zero-order valence-electron chi connectivity index (χ0n) is 57.3. The van der Waals surface area contributed by atoms with Crippen LogP contribution in [0.25, 0.3) is 10.9 Å². The van der Waals surface area contributed by atoms with E-state index in [0.717, 1.165) is 0 Å². The number of carbonyl (C=O) groups excluding carboxylic acids is 9. The van der Waals surface area contributed by atoms with E-state index in [9.17, 15) is 33.9 Å². The van der Waals surface area contributed by atoms with Crippen LogP contribution in [0.4, 0.5) is 10.5 Å². The number of methoxy groups -OCH3 is 3. The van der Waals surface area contributed by atoms with E-state index >= 15 is 14.4 Å². The van der Waals surface area contributed by atoms with Gasteiger partial charge in [-0.05, 0) is 92.3 Å². The Labute approximate surface area is 580 Å². The number of esters is 5. The molecule has 4 aromatic carbocycles. The number of hydrogen-bond donors (Lipinski definition) is 4. The van der Waals surface area contributed by atoms with Gasteiger partial charge in [-0.1, -0.05) is 130 Å². The number of nitrogens with zero attached hydrogens (tertiary/aromatic N) is 4. The lowest BCUT2D eigenvalue weighted by Gasteiger charge is -2.63. The number of ether oxygens (including phenoxy) is 7. The molecule has 5 aliphatic heterocycles. The number of carbonyl (C=O) groups is 9. The molecule has 99 heavy (non-hydrogen) atoms. The van der Waals surface area contributed by atoms with Crippen LogP contribution in [0.15, 0.2) is 109 Å². The van der Waals surface area contributed by atoms with Gasteiger partial charge in [0.15, 0.2) is 11.7 Å². The number of benzene rings is 4. The number of amides is 4. The number of alkyl halides is 1. The molecule has 4 N–H and O–H groups in total. The molecule has 24 nitrogen and oxygen atoms in total. The molecule has 0 radical (unpaired) electrons. The molecule has 1 spiro atoms. The third kappa shape index (κ3) is 12.6. The van der Waals surface area contributed by atoms with Gasteiger partial charge < -0.3 is 63.7 Å². The fourth-order valence-electron chi connectivity index (χ4n) is 17.1. The average Bonchev–Trinajstić information content (AvgIpc) is 1.50. The number of H-pyrrole nitrogens is 1. The van der Waals surface area contributed by atoms with Gasteiger partial charge in [0.1, 0.15) is 48.5 Å². The molecule has 1 aromatic heterocycles. The van der Waals surface area contributed by atoms with Gasteiger partial charge in [0.05, 0.1) is 33.8 Å². The number of hydrogen-bond acceptors (Lipinski definition) is 19. The topological polar surface area (TPSA) is 291 Å². The highest BCUT2D eigenvalue weighted by molar-refractivity contribution is 6.20. The molecule has 1 unspecified atom stereocenters. The Hall–Kier alpha value is -9.00. The van der Waals surface area contributed by atoms with Crippen molar-refractivity contribution in [3.05, 3.63) is 143 Å². The molecule has 0 bridgehead atoms. The van der Waals surface area contributed by atoms with Gasteiger partial charge in [-0.15, -0.1) is 0 Å². The molecule has 25 heteroatoms. The smallest absolute Gasteiger partial charge is 0.411 e. The third-order valence-electron chi connectivity index (χ3n) is 21.5. The first-order chi connectivity index (χ1) is 47.5. The summed E-state index contributed by atoms with van der Waals surface area (Å²) in [6, 6.07) is 21.7. The number of para-hydroxylation sites is 1. The molecule has 6 heterocycles. The predicted octanol–water partition coefficient (Wildman–Crippen LogP) is 7.19. The van der Waals surface area contributed by atoms with Crippen molar-refractivity contribution in [2.24, 2.45) is 11.3 Å². The number of rotatable bonds is 21. The van der Waals surface area contributed by atoms with Crippen LogP contribution in [-0.4, -0.2) is 187 Å². The minimum Gasteiger partial charge on any atom is -0.496 e.